The second kappa shape index (κ2) is 5.40. The second-order valence-corrected chi connectivity index (χ2v) is 4.42. The Morgan fingerprint density at radius 3 is 2.37 bits per heavy atom. The molecule has 104 valence electrons. The first-order chi connectivity index (χ1) is 9.10. The monoisotopic (exact) mass is 267 g/mol. The highest BCUT2D eigenvalue weighted by Gasteiger charge is 2.26. The lowest BCUT2D eigenvalue weighted by molar-refractivity contribution is 0.365. The normalized spacial score (nSPS) is 18.1. The lowest BCUT2D eigenvalue weighted by atomic mass is 10.4. The first-order valence-corrected chi connectivity index (χ1v) is 6.30. The molecule has 1 aromatic heterocycles. The van der Waals surface area contributed by atoms with Crippen LogP contribution in [0.4, 0.5) is 0 Å². The van der Waals surface area contributed by atoms with E-state index in [0.29, 0.717) is 19.6 Å². The van der Waals surface area contributed by atoms with E-state index in [2.05, 4.69) is 0 Å². The van der Waals surface area contributed by atoms with Gasteiger partial charge in [-0.25, -0.2) is 28.1 Å². The average Bonchev–Trinajstić information content (AvgIpc) is 3.20. The minimum Gasteiger partial charge on any atom is -0.371 e. The van der Waals surface area contributed by atoms with Crippen molar-refractivity contribution in [1.29, 1.82) is 0 Å². The highest BCUT2D eigenvalue weighted by molar-refractivity contribution is 5.19. The van der Waals surface area contributed by atoms with Crippen LogP contribution in [0.2, 0.25) is 0 Å². The van der Waals surface area contributed by atoms with Crippen LogP contribution >= 0.6 is 0 Å². The molecule has 0 bridgehead atoms. The van der Waals surface area contributed by atoms with Gasteiger partial charge < -0.3 is 4.74 Å². The Morgan fingerprint density at radius 1 is 1.21 bits per heavy atom. The predicted octanol–water partition coefficient (Wildman–Crippen LogP) is -0.529. The molecular formula is C12H17N3O4. The van der Waals surface area contributed by atoms with E-state index >= 15 is 0 Å². The number of hydrogen-bond donors (Lipinski definition) is 0. The fourth-order valence-electron chi connectivity index (χ4n) is 1.88. The molecule has 7 nitrogen and oxygen atoms in total. The minimum absolute atomic E-state index is 0.1000. The van der Waals surface area contributed by atoms with Gasteiger partial charge in [-0.3, -0.25) is 0 Å². The molecule has 1 fully saturated rings. The van der Waals surface area contributed by atoms with Gasteiger partial charge in [-0.15, -0.1) is 0 Å². The van der Waals surface area contributed by atoms with Crippen LogP contribution in [-0.2, 0) is 17.8 Å². The molecule has 0 spiro atoms. The second-order valence-electron chi connectivity index (χ2n) is 4.42. The summed E-state index contributed by atoms with van der Waals surface area (Å²) in [5, 5.41) is 0. The van der Waals surface area contributed by atoms with Crippen molar-refractivity contribution < 1.29 is 4.74 Å². The molecule has 0 saturated carbocycles. The van der Waals surface area contributed by atoms with E-state index in [0.717, 1.165) is 13.7 Å². The van der Waals surface area contributed by atoms with Crippen LogP contribution in [0.15, 0.2) is 20.5 Å². The summed E-state index contributed by atoms with van der Waals surface area (Å²) in [6.45, 7) is 4.60. The van der Waals surface area contributed by atoms with E-state index in [-0.39, 0.29) is 12.6 Å². The van der Waals surface area contributed by atoms with Crippen LogP contribution in [-0.4, -0.2) is 26.4 Å². The Morgan fingerprint density at radius 2 is 1.84 bits per heavy atom. The lowest BCUT2D eigenvalue weighted by Gasteiger charge is -2.10. The molecule has 0 N–H and O–H groups in total. The Labute approximate surface area is 109 Å². The maximum atomic E-state index is 12.2. The van der Waals surface area contributed by atoms with Crippen LogP contribution in [0, 0.1) is 0 Å². The van der Waals surface area contributed by atoms with Crippen LogP contribution in [0.3, 0.4) is 0 Å². The third-order valence-corrected chi connectivity index (χ3v) is 2.87. The molecule has 2 heterocycles. The van der Waals surface area contributed by atoms with Crippen molar-refractivity contribution in [2.24, 2.45) is 0 Å². The molecule has 19 heavy (non-hydrogen) atoms. The molecule has 0 amide bonds. The van der Waals surface area contributed by atoms with Crippen molar-refractivity contribution in [3.05, 3.63) is 37.5 Å². The molecule has 1 unspecified atom stereocenters. The van der Waals surface area contributed by atoms with Gasteiger partial charge in [0.05, 0.1) is 19.3 Å². The van der Waals surface area contributed by atoms with E-state index in [1.807, 2.05) is 6.92 Å². The molecule has 2 rings (SSSR count). The topological polar surface area (TPSA) is 78.5 Å². The molecular weight excluding hydrogens is 250 g/mol. The van der Waals surface area contributed by atoms with Gasteiger partial charge >= 0.3 is 17.1 Å². The van der Waals surface area contributed by atoms with Crippen LogP contribution in [0.25, 0.3) is 6.20 Å². The molecule has 1 saturated heterocycles. The Balaban J connectivity index is 2.68. The smallest absolute Gasteiger partial charge is 0.340 e. The lowest BCUT2D eigenvalue weighted by Crippen LogP contribution is -2.53. The van der Waals surface area contributed by atoms with Gasteiger partial charge in [0.1, 0.15) is 0 Å². The van der Waals surface area contributed by atoms with Crippen LogP contribution in [0.5, 0.6) is 0 Å². The van der Waals surface area contributed by atoms with Gasteiger partial charge in [-0.1, -0.05) is 13.0 Å². The standard InChI is InChI=1S/C12H17N3O4/c1-3-5-13-10(16)14(6-4-2)12(18)15(11(13)17)7-9-8-19-9/h3,5,9H,4,6-8H2,1-2H3. The van der Waals surface area contributed by atoms with Gasteiger partial charge in [0.25, 0.3) is 0 Å². The Kier molecular flexibility index (Phi) is 3.84. The van der Waals surface area contributed by atoms with Crippen LogP contribution in [0.1, 0.15) is 20.3 Å². The molecule has 1 aromatic rings. The highest BCUT2D eigenvalue weighted by Crippen LogP contribution is 2.08. The summed E-state index contributed by atoms with van der Waals surface area (Å²) in [5.74, 6) is 0. The summed E-state index contributed by atoms with van der Waals surface area (Å²) < 4.78 is 8.15. The van der Waals surface area contributed by atoms with Crippen molar-refractivity contribution in [3.8, 4) is 0 Å². The first kappa shape index (κ1) is 13.5. The summed E-state index contributed by atoms with van der Waals surface area (Å²) in [4.78, 5) is 36.4. The average molecular weight is 267 g/mol. The third kappa shape index (κ3) is 2.60. The predicted molar refractivity (Wildman–Crippen MR) is 70.3 cm³/mol. The number of nitrogens with zero attached hydrogens (tertiary/aromatic N) is 3. The Bertz CT molecular complexity index is 661. The fourth-order valence-corrected chi connectivity index (χ4v) is 1.88. The highest BCUT2D eigenvalue weighted by atomic mass is 16.6. The van der Waals surface area contributed by atoms with Gasteiger partial charge in [0.2, 0.25) is 0 Å². The van der Waals surface area contributed by atoms with Crippen molar-refractivity contribution in [3.63, 3.8) is 0 Å². The molecule has 0 aromatic carbocycles. The summed E-state index contributed by atoms with van der Waals surface area (Å²) >= 11 is 0. The first-order valence-electron chi connectivity index (χ1n) is 6.30. The largest absolute Gasteiger partial charge is 0.371 e. The van der Waals surface area contributed by atoms with Crippen LogP contribution < -0.4 is 17.1 Å². The number of aromatic nitrogens is 3. The summed E-state index contributed by atoms with van der Waals surface area (Å²) in [6.07, 6.45) is 3.50. The fraction of sp³-hybridized carbons (Fsp3) is 0.583. The molecule has 0 radical (unpaired) electrons. The van der Waals surface area contributed by atoms with Gasteiger partial charge in [0, 0.05) is 12.7 Å². The van der Waals surface area contributed by atoms with Crippen molar-refractivity contribution >= 4 is 6.20 Å². The van der Waals surface area contributed by atoms with E-state index in [1.165, 1.54) is 6.20 Å². The molecule has 7 heteroatoms. The zero-order chi connectivity index (χ0) is 14.0. The van der Waals surface area contributed by atoms with Crippen molar-refractivity contribution in [2.45, 2.75) is 39.5 Å². The van der Waals surface area contributed by atoms with Gasteiger partial charge in [-0.05, 0) is 13.3 Å². The summed E-state index contributed by atoms with van der Waals surface area (Å²) in [5.41, 5.74) is -1.77. The maximum Gasteiger partial charge on any atom is 0.340 e. The third-order valence-electron chi connectivity index (χ3n) is 2.87. The number of allylic oxidation sites excluding steroid dienone is 1. The Hall–Kier alpha value is -1.89. The van der Waals surface area contributed by atoms with Gasteiger partial charge in [-0.2, -0.15) is 0 Å². The van der Waals surface area contributed by atoms with E-state index in [4.69, 9.17) is 4.74 Å². The van der Waals surface area contributed by atoms with E-state index in [1.54, 1.807) is 13.0 Å². The van der Waals surface area contributed by atoms with E-state index in [9.17, 15) is 14.4 Å². The number of epoxide rings is 1. The van der Waals surface area contributed by atoms with Crippen molar-refractivity contribution in [2.75, 3.05) is 6.61 Å². The molecule has 1 atom stereocenters. The zero-order valence-electron chi connectivity index (χ0n) is 11.0. The molecule has 0 aliphatic carbocycles. The van der Waals surface area contributed by atoms with Gasteiger partial charge in [0.15, 0.2) is 0 Å². The molecule has 1 aliphatic rings. The molecule has 1 aliphatic heterocycles. The zero-order valence-corrected chi connectivity index (χ0v) is 11.0. The minimum atomic E-state index is -0.615. The van der Waals surface area contributed by atoms with E-state index < -0.39 is 17.1 Å². The quantitative estimate of drug-likeness (QED) is 0.672. The SMILES string of the molecule is CC=Cn1c(=O)n(CCC)c(=O)n(CC2CO2)c1=O. The number of ether oxygens (including phenoxy) is 1. The van der Waals surface area contributed by atoms with Crippen molar-refractivity contribution in [1.82, 2.24) is 13.7 Å². The summed E-state index contributed by atoms with van der Waals surface area (Å²) in [7, 11) is 0. The number of rotatable bonds is 5. The maximum absolute atomic E-state index is 12.2. The summed E-state index contributed by atoms with van der Waals surface area (Å²) in [6, 6.07) is 0. The number of hydrogen-bond acceptors (Lipinski definition) is 4.